The molecule has 0 saturated carbocycles. The predicted molar refractivity (Wildman–Crippen MR) is 74.0 cm³/mol. The molecule has 21 heavy (non-hydrogen) atoms. The Balaban J connectivity index is 2.14. The van der Waals surface area contributed by atoms with Crippen LogP contribution < -0.4 is 10.5 Å². The minimum absolute atomic E-state index is 0.0154. The second-order valence-electron chi connectivity index (χ2n) is 4.63. The first-order valence-corrected chi connectivity index (χ1v) is 8.80. The summed E-state index contributed by atoms with van der Waals surface area (Å²) in [6, 6.07) is 0. The molecule has 0 spiro atoms. The topological polar surface area (TPSA) is 140 Å². The quantitative estimate of drug-likeness (QED) is 0.437. The summed E-state index contributed by atoms with van der Waals surface area (Å²) in [5.41, 5.74) is 6.67. The monoisotopic (exact) mass is 361 g/mol. The molecule has 0 radical (unpaired) electrons. The fourth-order valence-electron chi connectivity index (χ4n) is 2.37. The fraction of sp³-hybridized carbons (Fsp3) is 0.545. The van der Waals surface area contributed by atoms with Crippen LogP contribution in [0, 0.1) is 0 Å². The van der Waals surface area contributed by atoms with Crippen molar-refractivity contribution in [2.75, 3.05) is 12.3 Å². The van der Waals surface area contributed by atoms with Gasteiger partial charge < -0.3 is 0 Å². The van der Waals surface area contributed by atoms with Gasteiger partial charge in [0.15, 0.2) is 0 Å². The number of rotatable bonds is 3. The number of hydrogen-bond acceptors (Lipinski definition) is 8. The Hall–Kier alpha value is -1.29. The van der Waals surface area contributed by atoms with Crippen molar-refractivity contribution in [3.05, 3.63) is 6.33 Å². The number of fused-ring (bicyclic) bond motifs is 1. The summed E-state index contributed by atoms with van der Waals surface area (Å²) in [6.45, 7) is -0.384. The van der Waals surface area contributed by atoms with Crippen molar-refractivity contribution in [3.8, 4) is 0 Å². The molecule has 9 nitrogen and oxygen atoms in total. The molecular formula is C11H15N5O4Se. The average molecular weight is 360 g/mol. The maximum absolute atomic E-state index is 10.2. The van der Waals surface area contributed by atoms with Crippen LogP contribution in [0.2, 0.25) is 5.82 Å². The second kappa shape index (κ2) is 5.48. The molecule has 1 saturated heterocycles. The van der Waals surface area contributed by atoms with E-state index >= 15 is 0 Å². The summed E-state index contributed by atoms with van der Waals surface area (Å²) < 4.78 is 7.84. The summed E-state index contributed by atoms with van der Waals surface area (Å²) in [5.74, 6) is 2.20. The molecule has 10 heteroatoms. The van der Waals surface area contributed by atoms with Crippen molar-refractivity contribution in [1.82, 2.24) is 19.5 Å². The third-order valence-corrected chi connectivity index (χ3v) is 4.80. The molecule has 114 valence electrons. The minimum atomic E-state index is -1.18. The molecule has 2 aromatic rings. The van der Waals surface area contributed by atoms with Gasteiger partial charge in [0, 0.05) is 0 Å². The first-order chi connectivity index (χ1) is 10.1. The number of nitrogen functional groups attached to an aromatic ring is 1. The average Bonchev–Trinajstić information content (AvgIpc) is 2.99. The molecule has 0 aliphatic carbocycles. The van der Waals surface area contributed by atoms with Crippen molar-refractivity contribution in [2.45, 2.75) is 30.4 Å². The van der Waals surface area contributed by atoms with Gasteiger partial charge in [0.2, 0.25) is 0 Å². The van der Waals surface area contributed by atoms with Crippen molar-refractivity contribution in [3.63, 3.8) is 0 Å². The van der Waals surface area contributed by atoms with Crippen LogP contribution in [0.5, 0.6) is 0 Å². The van der Waals surface area contributed by atoms with Crippen LogP contribution in [-0.2, 0) is 4.74 Å². The van der Waals surface area contributed by atoms with Crippen LogP contribution in [-0.4, -0.2) is 74.7 Å². The maximum atomic E-state index is 10.2. The summed E-state index contributed by atoms with van der Waals surface area (Å²) in [5, 5.41) is 29.3. The van der Waals surface area contributed by atoms with Gasteiger partial charge in [0.05, 0.1) is 0 Å². The van der Waals surface area contributed by atoms with E-state index in [1.54, 1.807) is 4.57 Å². The molecule has 0 amide bonds. The van der Waals surface area contributed by atoms with Gasteiger partial charge in [-0.1, -0.05) is 0 Å². The van der Waals surface area contributed by atoms with Gasteiger partial charge in [-0.15, -0.1) is 0 Å². The molecule has 4 atom stereocenters. The van der Waals surface area contributed by atoms with E-state index in [4.69, 9.17) is 10.5 Å². The van der Waals surface area contributed by atoms with Gasteiger partial charge in [0.25, 0.3) is 0 Å². The van der Waals surface area contributed by atoms with E-state index in [-0.39, 0.29) is 27.4 Å². The number of ether oxygens (including phenoxy) is 1. The van der Waals surface area contributed by atoms with Gasteiger partial charge in [-0.05, 0) is 0 Å². The molecule has 5 N–H and O–H groups in total. The molecule has 3 rings (SSSR count). The number of hydrogen-bond donors (Lipinski definition) is 4. The third kappa shape index (κ3) is 2.20. The van der Waals surface area contributed by atoms with Crippen LogP contribution in [0.1, 0.15) is 6.23 Å². The van der Waals surface area contributed by atoms with Crippen molar-refractivity contribution in [2.24, 2.45) is 0 Å². The molecule has 1 aliphatic heterocycles. The number of nitrogens with two attached hydrogens (primary N) is 1. The van der Waals surface area contributed by atoms with E-state index in [2.05, 4.69) is 15.0 Å². The Morgan fingerprint density at radius 2 is 2.14 bits per heavy atom. The summed E-state index contributed by atoms with van der Waals surface area (Å²) >= 11 is -0.0154. The number of nitrogens with zero attached hydrogens (tertiary/aromatic N) is 4. The van der Waals surface area contributed by atoms with Crippen molar-refractivity contribution >= 4 is 36.7 Å². The van der Waals surface area contributed by atoms with Gasteiger partial charge in [-0.2, -0.15) is 0 Å². The van der Waals surface area contributed by atoms with Crippen LogP contribution in [0.25, 0.3) is 11.2 Å². The molecule has 3 heterocycles. The number of aromatic nitrogens is 4. The molecule has 1 fully saturated rings. The zero-order valence-corrected chi connectivity index (χ0v) is 12.8. The van der Waals surface area contributed by atoms with Crippen LogP contribution in [0.3, 0.4) is 0 Å². The van der Waals surface area contributed by atoms with Gasteiger partial charge >= 0.3 is 125 Å². The summed E-state index contributed by atoms with van der Waals surface area (Å²) in [7, 11) is 0. The number of anilines is 1. The normalized spacial score (nSPS) is 29.3. The van der Waals surface area contributed by atoms with E-state index in [0.717, 1.165) is 0 Å². The molecule has 1 aliphatic rings. The van der Waals surface area contributed by atoms with Crippen LogP contribution in [0.15, 0.2) is 6.33 Å². The van der Waals surface area contributed by atoms with E-state index in [9.17, 15) is 15.3 Å². The Kier molecular flexibility index (Phi) is 3.82. The molecule has 4 unspecified atom stereocenters. The fourth-order valence-corrected chi connectivity index (χ4v) is 3.57. The van der Waals surface area contributed by atoms with E-state index in [1.807, 2.05) is 5.82 Å². The molecular weight excluding hydrogens is 345 g/mol. The Morgan fingerprint density at radius 3 is 2.76 bits per heavy atom. The Bertz CT molecular complexity index is 665. The SMILES string of the molecule is C[Se]c1nc2c(N)ncnc2n1C1OC(CO)C(O)C1O. The Morgan fingerprint density at radius 1 is 1.38 bits per heavy atom. The molecule has 2 aromatic heterocycles. The number of aliphatic hydroxyl groups is 3. The summed E-state index contributed by atoms with van der Waals surface area (Å²) in [4.78, 5) is 12.4. The zero-order chi connectivity index (χ0) is 15.1. The standard InChI is InChI=1S/C11H15N5O4Se/c1-21-11-15-5-8(12)13-3-14-9(5)16(11)10-7(19)6(18)4(2-17)20-10/h3-4,6-7,10,17-19H,2H2,1H3,(H2,12,13,14). The van der Waals surface area contributed by atoms with Gasteiger partial charge in [-0.3, -0.25) is 0 Å². The Labute approximate surface area is 125 Å². The van der Waals surface area contributed by atoms with E-state index in [1.165, 1.54) is 6.33 Å². The summed E-state index contributed by atoms with van der Waals surface area (Å²) in [6.07, 6.45) is -2.76. The van der Waals surface area contributed by atoms with E-state index < -0.39 is 24.5 Å². The van der Waals surface area contributed by atoms with E-state index in [0.29, 0.717) is 15.9 Å². The number of imidazole rings is 1. The van der Waals surface area contributed by atoms with Crippen LogP contribution in [0.4, 0.5) is 5.82 Å². The van der Waals surface area contributed by atoms with Gasteiger partial charge in [-0.25, -0.2) is 0 Å². The first kappa shape index (κ1) is 14.6. The predicted octanol–water partition coefficient (Wildman–Crippen LogP) is -2.60. The number of aliphatic hydroxyl groups excluding tert-OH is 3. The third-order valence-electron chi connectivity index (χ3n) is 3.43. The molecule has 0 bridgehead atoms. The zero-order valence-electron chi connectivity index (χ0n) is 11.1. The van der Waals surface area contributed by atoms with Crippen LogP contribution >= 0.6 is 0 Å². The second-order valence-corrected chi connectivity index (χ2v) is 6.25. The van der Waals surface area contributed by atoms with Gasteiger partial charge in [0.1, 0.15) is 0 Å². The van der Waals surface area contributed by atoms with Crippen molar-refractivity contribution < 1.29 is 20.1 Å². The first-order valence-electron chi connectivity index (χ1n) is 6.23. The molecule has 0 aromatic carbocycles. The van der Waals surface area contributed by atoms with Crippen molar-refractivity contribution in [1.29, 1.82) is 0 Å².